The highest BCUT2D eigenvalue weighted by Gasteiger charge is 2.20. The minimum Gasteiger partial charge on any atom is -0.456 e. The molecule has 5 nitrogen and oxygen atoms in total. The molecule has 10 rings (SSSR count). The summed E-state index contributed by atoms with van der Waals surface area (Å²) in [6.45, 7) is 0. The third-order valence-corrected chi connectivity index (χ3v) is 9.22. The van der Waals surface area contributed by atoms with Crippen LogP contribution in [0.15, 0.2) is 143 Å². The molecule has 0 atom stereocenters. The van der Waals surface area contributed by atoms with Gasteiger partial charge in [-0.1, -0.05) is 72.3 Å². The normalized spacial score (nSPS) is 12.0. The van der Waals surface area contributed by atoms with E-state index in [2.05, 4.69) is 107 Å². The molecule has 216 valence electrons. The summed E-state index contributed by atoms with van der Waals surface area (Å²) in [4.78, 5) is 9.28. The van der Waals surface area contributed by atoms with Gasteiger partial charge < -0.3 is 13.4 Å². The van der Waals surface area contributed by atoms with Crippen molar-refractivity contribution >= 4 is 77.4 Å². The molecule has 46 heavy (non-hydrogen) atoms. The second-order valence-corrected chi connectivity index (χ2v) is 12.0. The second-order valence-electron chi connectivity index (χ2n) is 11.6. The van der Waals surface area contributed by atoms with Gasteiger partial charge in [0.15, 0.2) is 5.58 Å². The third kappa shape index (κ3) is 3.63. The van der Waals surface area contributed by atoms with Crippen LogP contribution in [0.1, 0.15) is 0 Å². The molecule has 0 N–H and O–H groups in total. The Balaban J connectivity index is 1.19. The maximum atomic E-state index is 6.38. The Morgan fingerprint density at radius 1 is 0.543 bits per heavy atom. The first-order chi connectivity index (χ1) is 22.7. The molecule has 4 heterocycles. The lowest BCUT2D eigenvalue weighted by Gasteiger charge is -2.08. The summed E-state index contributed by atoms with van der Waals surface area (Å²) in [5.41, 5.74) is 11.1. The van der Waals surface area contributed by atoms with Crippen molar-refractivity contribution in [1.29, 1.82) is 0 Å². The van der Waals surface area contributed by atoms with Gasteiger partial charge in [0.05, 0.1) is 11.0 Å². The average molecular weight is 612 g/mol. The molecular formula is C40H22ClN3O2. The van der Waals surface area contributed by atoms with Crippen LogP contribution in [0.5, 0.6) is 0 Å². The largest absolute Gasteiger partial charge is 0.456 e. The minimum absolute atomic E-state index is 0.623. The zero-order chi connectivity index (χ0) is 30.4. The van der Waals surface area contributed by atoms with Crippen molar-refractivity contribution in [1.82, 2.24) is 14.5 Å². The molecular weight excluding hydrogens is 590 g/mol. The van der Waals surface area contributed by atoms with Crippen molar-refractivity contribution in [2.75, 3.05) is 0 Å². The first-order valence-electron chi connectivity index (χ1n) is 15.1. The van der Waals surface area contributed by atoms with Crippen LogP contribution in [-0.4, -0.2) is 14.5 Å². The highest BCUT2D eigenvalue weighted by molar-refractivity contribution is 6.31. The van der Waals surface area contributed by atoms with Crippen molar-refractivity contribution in [3.05, 3.63) is 139 Å². The average Bonchev–Trinajstić information content (AvgIpc) is 3.77. The molecule has 6 heteroatoms. The quantitative estimate of drug-likeness (QED) is 0.199. The number of aromatic nitrogens is 3. The Bertz CT molecular complexity index is 2830. The Labute approximate surface area is 266 Å². The zero-order valence-electron chi connectivity index (χ0n) is 24.2. The number of hydrogen-bond donors (Lipinski definition) is 0. The van der Waals surface area contributed by atoms with Gasteiger partial charge >= 0.3 is 0 Å². The molecule has 0 aliphatic rings. The summed E-state index contributed by atoms with van der Waals surface area (Å²) in [6, 6.07) is 43.9. The summed E-state index contributed by atoms with van der Waals surface area (Å²) in [5.74, 6) is 0. The van der Waals surface area contributed by atoms with E-state index in [4.69, 9.17) is 25.4 Å². The summed E-state index contributed by atoms with van der Waals surface area (Å²) >= 11 is 6.32. The van der Waals surface area contributed by atoms with Crippen molar-refractivity contribution in [2.45, 2.75) is 0 Å². The van der Waals surface area contributed by atoms with Gasteiger partial charge in [0.25, 0.3) is 0 Å². The van der Waals surface area contributed by atoms with E-state index in [0.29, 0.717) is 16.3 Å². The first kappa shape index (κ1) is 25.4. The number of rotatable bonds is 3. The van der Waals surface area contributed by atoms with Crippen LogP contribution in [0.2, 0.25) is 5.02 Å². The fraction of sp³-hybridized carbons (Fsp3) is 0. The van der Waals surface area contributed by atoms with Crippen LogP contribution >= 0.6 is 11.6 Å². The summed E-state index contributed by atoms with van der Waals surface area (Å²) in [5, 5.41) is 5.93. The van der Waals surface area contributed by atoms with Crippen LogP contribution in [0.25, 0.3) is 93.9 Å². The lowest BCUT2D eigenvalue weighted by molar-refractivity contribution is 0.667. The maximum absolute atomic E-state index is 6.38. The summed E-state index contributed by atoms with van der Waals surface area (Å²) in [7, 11) is 0. The third-order valence-electron chi connectivity index (χ3n) is 8.98. The SMILES string of the molecule is Clc1ccc2oc3c(-c4cccc5oc6ccc(-c7ccc8c(c7)c7ccccc7n8-c7ccccc7)cc6c45)ncnc3c2c1. The Morgan fingerprint density at radius 2 is 1.30 bits per heavy atom. The maximum Gasteiger partial charge on any atom is 0.180 e. The number of halogens is 1. The van der Waals surface area contributed by atoms with Crippen molar-refractivity contribution in [3.63, 3.8) is 0 Å². The topological polar surface area (TPSA) is 57.0 Å². The zero-order valence-corrected chi connectivity index (χ0v) is 25.0. The number of hydrogen-bond acceptors (Lipinski definition) is 4. The van der Waals surface area contributed by atoms with Gasteiger partial charge in [-0.15, -0.1) is 0 Å². The predicted octanol–water partition coefficient (Wildman–Crippen LogP) is 11.4. The van der Waals surface area contributed by atoms with E-state index < -0.39 is 0 Å². The van der Waals surface area contributed by atoms with E-state index in [1.807, 2.05) is 30.3 Å². The summed E-state index contributed by atoms with van der Waals surface area (Å²) in [6.07, 6.45) is 1.58. The molecule has 6 aromatic carbocycles. The van der Waals surface area contributed by atoms with E-state index in [1.54, 1.807) is 6.33 Å². The van der Waals surface area contributed by atoms with Crippen molar-refractivity contribution < 1.29 is 8.83 Å². The van der Waals surface area contributed by atoms with Crippen LogP contribution in [0, 0.1) is 0 Å². The van der Waals surface area contributed by atoms with Gasteiger partial charge in [0.1, 0.15) is 34.3 Å². The fourth-order valence-corrected chi connectivity index (χ4v) is 7.12. The monoisotopic (exact) mass is 611 g/mol. The molecule has 0 spiro atoms. The minimum atomic E-state index is 0.623. The standard InChI is InChI=1S/C40H22ClN3O2/c41-25-15-18-35-31(21-25)39-40(46-35)38(42-22-43-39)28-10-6-12-36-37(28)30-20-24(14-17-34(30)45-36)23-13-16-33-29(19-23)27-9-4-5-11-32(27)44(33)26-7-2-1-3-8-26/h1-22H. The number of nitrogens with zero attached hydrogens (tertiary/aromatic N) is 3. The molecule has 4 aromatic heterocycles. The fourth-order valence-electron chi connectivity index (χ4n) is 6.95. The number of benzene rings is 6. The Morgan fingerprint density at radius 3 is 2.22 bits per heavy atom. The molecule has 0 aliphatic carbocycles. The van der Waals surface area contributed by atoms with Crippen molar-refractivity contribution in [3.8, 4) is 28.1 Å². The highest BCUT2D eigenvalue weighted by atomic mass is 35.5. The first-order valence-corrected chi connectivity index (χ1v) is 15.5. The van der Waals surface area contributed by atoms with Gasteiger partial charge in [-0.05, 0) is 77.9 Å². The van der Waals surface area contributed by atoms with Gasteiger partial charge in [0, 0.05) is 43.2 Å². The lowest BCUT2D eigenvalue weighted by Crippen LogP contribution is -1.92. The Hall–Kier alpha value is -5.91. The molecule has 0 saturated carbocycles. The highest BCUT2D eigenvalue weighted by Crippen LogP contribution is 2.42. The number of furan rings is 2. The second kappa shape index (κ2) is 9.54. The summed E-state index contributed by atoms with van der Waals surface area (Å²) < 4.78 is 15.0. The lowest BCUT2D eigenvalue weighted by atomic mass is 9.98. The molecule has 0 unspecified atom stereocenters. The van der Waals surface area contributed by atoms with E-state index in [-0.39, 0.29) is 0 Å². The smallest absolute Gasteiger partial charge is 0.180 e. The Kier molecular flexibility index (Phi) is 5.27. The molecule has 0 amide bonds. The van der Waals surface area contributed by atoms with Crippen LogP contribution in [0.3, 0.4) is 0 Å². The van der Waals surface area contributed by atoms with Crippen LogP contribution in [-0.2, 0) is 0 Å². The van der Waals surface area contributed by atoms with E-state index >= 15 is 0 Å². The number of fused-ring (bicyclic) bond motifs is 9. The van der Waals surface area contributed by atoms with Gasteiger partial charge in [-0.3, -0.25) is 0 Å². The molecule has 0 saturated heterocycles. The predicted molar refractivity (Wildman–Crippen MR) is 187 cm³/mol. The molecule has 0 aliphatic heterocycles. The van der Waals surface area contributed by atoms with Crippen LogP contribution < -0.4 is 0 Å². The van der Waals surface area contributed by atoms with Crippen molar-refractivity contribution in [2.24, 2.45) is 0 Å². The molecule has 0 fully saturated rings. The number of para-hydroxylation sites is 2. The van der Waals surface area contributed by atoms with Gasteiger partial charge in [0.2, 0.25) is 0 Å². The molecule has 0 radical (unpaired) electrons. The van der Waals surface area contributed by atoms with Gasteiger partial charge in [-0.25, -0.2) is 9.97 Å². The van der Waals surface area contributed by atoms with E-state index in [9.17, 15) is 0 Å². The van der Waals surface area contributed by atoms with Gasteiger partial charge in [-0.2, -0.15) is 0 Å². The molecule has 10 aromatic rings. The van der Waals surface area contributed by atoms with E-state index in [1.165, 1.54) is 21.8 Å². The van der Waals surface area contributed by atoms with E-state index in [0.717, 1.165) is 60.8 Å². The van der Waals surface area contributed by atoms with Crippen LogP contribution in [0.4, 0.5) is 0 Å². The molecule has 0 bridgehead atoms.